The Kier molecular flexibility index (Phi) is 5.57. The van der Waals surface area contributed by atoms with E-state index in [-0.39, 0.29) is 0 Å². The SMILES string of the molecule is CCOc1cncc(C=CCC(C)NC)c1. The smallest absolute Gasteiger partial charge is 0.138 e. The van der Waals surface area contributed by atoms with Crippen molar-refractivity contribution >= 4 is 6.08 Å². The topological polar surface area (TPSA) is 34.1 Å². The molecule has 0 saturated carbocycles. The Bertz CT molecular complexity index is 336. The number of hydrogen-bond donors (Lipinski definition) is 1. The number of nitrogens with zero attached hydrogens (tertiary/aromatic N) is 1. The van der Waals surface area contributed by atoms with Crippen molar-refractivity contribution in [3.8, 4) is 5.75 Å². The van der Waals surface area contributed by atoms with Crippen molar-refractivity contribution < 1.29 is 4.74 Å². The van der Waals surface area contributed by atoms with Crippen LogP contribution in [0.3, 0.4) is 0 Å². The van der Waals surface area contributed by atoms with E-state index in [0.29, 0.717) is 12.6 Å². The van der Waals surface area contributed by atoms with Gasteiger partial charge in [-0.3, -0.25) is 4.98 Å². The third kappa shape index (κ3) is 4.45. The third-order valence-corrected chi connectivity index (χ3v) is 2.34. The molecule has 1 atom stereocenters. The highest BCUT2D eigenvalue weighted by Crippen LogP contribution is 2.12. The molecule has 1 aromatic heterocycles. The molecule has 1 rings (SSSR count). The molecule has 16 heavy (non-hydrogen) atoms. The van der Waals surface area contributed by atoms with E-state index in [9.17, 15) is 0 Å². The Hall–Kier alpha value is -1.35. The Labute approximate surface area is 97.5 Å². The van der Waals surface area contributed by atoms with Crippen molar-refractivity contribution in [3.05, 3.63) is 30.1 Å². The van der Waals surface area contributed by atoms with Crippen molar-refractivity contribution in [1.29, 1.82) is 0 Å². The molecule has 0 bridgehead atoms. The maximum Gasteiger partial charge on any atom is 0.138 e. The Morgan fingerprint density at radius 1 is 1.50 bits per heavy atom. The zero-order valence-corrected chi connectivity index (χ0v) is 10.2. The number of ether oxygens (including phenoxy) is 1. The molecule has 3 nitrogen and oxygen atoms in total. The van der Waals surface area contributed by atoms with E-state index in [1.54, 1.807) is 6.20 Å². The second-order valence-corrected chi connectivity index (χ2v) is 3.71. The summed E-state index contributed by atoms with van der Waals surface area (Å²) in [4.78, 5) is 4.13. The second-order valence-electron chi connectivity index (χ2n) is 3.71. The Morgan fingerprint density at radius 3 is 3.00 bits per heavy atom. The van der Waals surface area contributed by atoms with Crippen LogP contribution in [-0.4, -0.2) is 24.7 Å². The van der Waals surface area contributed by atoms with Crippen LogP contribution in [0.2, 0.25) is 0 Å². The normalized spacial score (nSPS) is 12.9. The van der Waals surface area contributed by atoms with Crippen LogP contribution in [0.4, 0.5) is 0 Å². The summed E-state index contributed by atoms with van der Waals surface area (Å²) < 4.78 is 5.39. The van der Waals surface area contributed by atoms with Crippen LogP contribution in [-0.2, 0) is 0 Å². The first-order valence-electron chi connectivity index (χ1n) is 5.68. The van der Waals surface area contributed by atoms with Crippen molar-refractivity contribution in [2.24, 2.45) is 0 Å². The number of rotatable bonds is 6. The van der Waals surface area contributed by atoms with Gasteiger partial charge < -0.3 is 10.1 Å². The molecule has 0 aliphatic rings. The van der Waals surface area contributed by atoms with Crippen molar-refractivity contribution in [3.63, 3.8) is 0 Å². The predicted octanol–water partition coefficient (Wildman–Crippen LogP) is 2.49. The summed E-state index contributed by atoms with van der Waals surface area (Å²) >= 11 is 0. The fourth-order valence-corrected chi connectivity index (χ4v) is 1.30. The van der Waals surface area contributed by atoms with E-state index >= 15 is 0 Å². The van der Waals surface area contributed by atoms with Crippen LogP contribution in [0.5, 0.6) is 5.75 Å². The van der Waals surface area contributed by atoms with Crippen LogP contribution < -0.4 is 10.1 Å². The fraction of sp³-hybridized carbons (Fsp3) is 0.462. The van der Waals surface area contributed by atoms with Gasteiger partial charge in [-0.25, -0.2) is 0 Å². The minimum absolute atomic E-state index is 0.499. The quantitative estimate of drug-likeness (QED) is 0.799. The molecular weight excluding hydrogens is 200 g/mol. The van der Waals surface area contributed by atoms with Gasteiger partial charge in [0.25, 0.3) is 0 Å². The summed E-state index contributed by atoms with van der Waals surface area (Å²) in [6.45, 7) is 4.79. The summed E-state index contributed by atoms with van der Waals surface area (Å²) in [6.07, 6.45) is 8.80. The molecule has 0 fully saturated rings. The molecule has 0 aliphatic carbocycles. The molecule has 0 amide bonds. The second kappa shape index (κ2) is 7.01. The summed E-state index contributed by atoms with van der Waals surface area (Å²) in [5, 5.41) is 3.19. The molecule has 0 aromatic carbocycles. The molecule has 0 saturated heterocycles. The zero-order valence-electron chi connectivity index (χ0n) is 10.2. The monoisotopic (exact) mass is 220 g/mol. The Balaban J connectivity index is 2.55. The van der Waals surface area contributed by atoms with Gasteiger partial charge in [0.2, 0.25) is 0 Å². The zero-order chi connectivity index (χ0) is 11.8. The standard InChI is InChI=1S/C13H20N2O/c1-4-16-13-8-12(9-15-10-13)7-5-6-11(2)14-3/h5,7-11,14H,4,6H2,1-3H3. The average molecular weight is 220 g/mol. The van der Waals surface area contributed by atoms with Crippen LogP contribution >= 0.6 is 0 Å². The molecule has 0 radical (unpaired) electrons. The van der Waals surface area contributed by atoms with Crippen LogP contribution in [0, 0.1) is 0 Å². The van der Waals surface area contributed by atoms with Crippen molar-refractivity contribution in [2.45, 2.75) is 26.3 Å². The van der Waals surface area contributed by atoms with E-state index in [1.165, 1.54) is 0 Å². The highest BCUT2D eigenvalue weighted by atomic mass is 16.5. The lowest BCUT2D eigenvalue weighted by Gasteiger charge is -2.05. The van der Waals surface area contributed by atoms with Gasteiger partial charge in [0, 0.05) is 12.2 Å². The molecule has 1 aromatic rings. The lowest BCUT2D eigenvalue weighted by atomic mass is 10.2. The molecule has 1 unspecified atom stereocenters. The molecule has 1 N–H and O–H groups in total. The Morgan fingerprint density at radius 2 is 2.31 bits per heavy atom. The minimum Gasteiger partial charge on any atom is -0.492 e. The largest absolute Gasteiger partial charge is 0.492 e. The number of nitrogens with one attached hydrogen (secondary N) is 1. The number of pyridine rings is 1. The lowest BCUT2D eigenvalue weighted by molar-refractivity contribution is 0.339. The first-order valence-corrected chi connectivity index (χ1v) is 5.68. The summed E-state index contributed by atoms with van der Waals surface area (Å²) in [7, 11) is 1.97. The van der Waals surface area contributed by atoms with Crippen LogP contribution in [0.25, 0.3) is 6.08 Å². The van der Waals surface area contributed by atoms with Crippen LogP contribution in [0.1, 0.15) is 25.8 Å². The minimum atomic E-state index is 0.499. The van der Waals surface area contributed by atoms with Gasteiger partial charge in [-0.1, -0.05) is 12.2 Å². The van der Waals surface area contributed by atoms with Gasteiger partial charge in [0.1, 0.15) is 5.75 Å². The summed E-state index contributed by atoms with van der Waals surface area (Å²) in [5.41, 5.74) is 1.08. The molecular formula is C13H20N2O. The van der Waals surface area contributed by atoms with Gasteiger partial charge in [-0.05, 0) is 38.9 Å². The summed E-state index contributed by atoms with van der Waals surface area (Å²) in [5.74, 6) is 0.825. The predicted molar refractivity (Wildman–Crippen MR) is 67.6 cm³/mol. The van der Waals surface area contributed by atoms with Crippen LogP contribution in [0.15, 0.2) is 24.5 Å². The van der Waals surface area contributed by atoms with Crippen molar-refractivity contribution in [1.82, 2.24) is 10.3 Å². The van der Waals surface area contributed by atoms with Gasteiger partial charge >= 0.3 is 0 Å². The molecule has 0 aliphatic heterocycles. The molecule has 88 valence electrons. The first kappa shape index (κ1) is 12.7. The molecule has 1 heterocycles. The maximum absolute atomic E-state index is 5.39. The van der Waals surface area contributed by atoms with Gasteiger partial charge in [-0.2, -0.15) is 0 Å². The number of aromatic nitrogens is 1. The number of hydrogen-bond acceptors (Lipinski definition) is 3. The van der Waals surface area contributed by atoms with Gasteiger partial charge in [-0.15, -0.1) is 0 Å². The van der Waals surface area contributed by atoms with Crippen molar-refractivity contribution in [2.75, 3.05) is 13.7 Å². The van der Waals surface area contributed by atoms with E-state index < -0.39 is 0 Å². The highest BCUT2D eigenvalue weighted by molar-refractivity contribution is 5.49. The maximum atomic E-state index is 5.39. The highest BCUT2D eigenvalue weighted by Gasteiger charge is 1.95. The average Bonchev–Trinajstić information content (AvgIpc) is 2.30. The van der Waals surface area contributed by atoms with E-state index in [4.69, 9.17) is 4.74 Å². The van der Waals surface area contributed by atoms with E-state index in [1.807, 2.05) is 26.2 Å². The summed E-state index contributed by atoms with van der Waals surface area (Å²) in [6, 6.07) is 2.50. The third-order valence-electron chi connectivity index (χ3n) is 2.34. The molecule has 0 spiro atoms. The van der Waals surface area contributed by atoms with Gasteiger partial charge in [0.05, 0.1) is 12.8 Å². The van der Waals surface area contributed by atoms with E-state index in [0.717, 1.165) is 17.7 Å². The molecule has 3 heteroatoms. The van der Waals surface area contributed by atoms with E-state index in [2.05, 4.69) is 29.4 Å². The lowest BCUT2D eigenvalue weighted by Crippen LogP contribution is -2.19. The van der Waals surface area contributed by atoms with Gasteiger partial charge in [0.15, 0.2) is 0 Å². The first-order chi connectivity index (χ1) is 7.76. The fourth-order valence-electron chi connectivity index (χ4n) is 1.30.